The Morgan fingerprint density at radius 2 is 1.47 bits per heavy atom. The van der Waals surface area contributed by atoms with Crippen LogP contribution >= 0.6 is 12.2 Å². The van der Waals surface area contributed by atoms with Gasteiger partial charge in [-0.15, -0.1) is 0 Å². The van der Waals surface area contributed by atoms with E-state index in [0.29, 0.717) is 5.57 Å². The van der Waals surface area contributed by atoms with Crippen molar-refractivity contribution in [1.29, 1.82) is 0 Å². The molecule has 0 saturated carbocycles. The van der Waals surface area contributed by atoms with Crippen molar-refractivity contribution in [3.05, 3.63) is 72.4 Å². The number of hydrogen-bond acceptors (Lipinski definition) is 2. The van der Waals surface area contributed by atoms with Crippen molar-refractivity contribution in [2.24, 2.45) is 4.99 Å². The standard InChI is InChI=1S/C14H11NOS/c16-14(15-12-17)13-10-8-6-4-2-1-3-5-7-9-11-13/h1-11H/b2-1-,3-1?,4-2?,5-3-,6-4-,7-5?,8-6?,9-7-,10-8-,11-9?,13-10?,13-11+. The van der Waals surface area contributed by atoms with Crippen molar-refractivity contribution >= 4 is 23.3 Å². The predicted molar refractivity (Wildman–Crippen MR) is 73.8 cm³/mol. The predicted octanol–water partition coefficient (Wildman–Crippen LogP) is 3.34. The third-order valence-corrected chi connectivity index (χ3v) is 1.93. The number of isothiocyanates is 1. The molecule has 0 saturated heterocycles. The van der Waals surface area contributed by atoms with E-state index in [4.69, 9.17) is 0 Å². The first-order chi connectivity index (χ1) is 8.34. The molecule has 0 aromatic heterocycles. The van der Waals surface area contributed by atoms with Crippen LogP contribution in [0, 0.1) is 0 Å². The number of carbonyl (C=O) groups excluding carboxylic acids is 1. The molecule has 1 aliphatic carbocycles. The molecule has 0 bridgehead atoms. The Hall–Kier alpha value is -2.09. The SMILES string of the molecule is O=C(N=C=S)C1=C/C=C\C=C/C=C\C=C/C=C\1. The van der Waals surface area contributed by atoms with E-state index in [1.54, 1.807) is 24.3 Å². The number of thiocarbonyl (C=S) groups is 1. The average molecular weight is 241 g/mol. The van der Waals surface area contributed by atoms with E-state index in [-0.39, 0.29) is 0 Å². The molecule has 1 amide bonds. The van der Waals surface area contributed by atoms with Crippen LogP contribution in [0.2, 0.25) is 0 Å². The van der Waals surface area contributed by atoms with E-state index in [1.165, 1.54) is 0 Å². The highest BCUT2D eigenvalue weighted by atomic mass is 32.1. The van der Waals surface area contributed by atoms with Crippen LogP contribution in [0.4, 0.5) is 0 Å². The highest BCUT2D eigenvalue weighted by molar-refractivity contribution is 7.78. The number of hydrogen-bond donors (Lipinski definition) is 0. The van der Waals surface area contributed by atoms with E-state index >= 15 is 0 Å². The summed E-state index contributed by atoms with van der Waals surface area (Å²) in [5.74, 6) is -0.397. The summed E-state index contributed by atoms with van der Waals surface area (Å²) >= 11 is 4.41. The fourth-order valence-electron chi connectivity index (χ4n) is 1.07. The number of allylic oxidation sites excluding steroid dienone is 10. The Bertz CT molecular complexity index is 498. The van der Waals surface area contributed by atoms with Gasteiger partial charge in [0.2, 0.25) is 0 Å². The summed E-state index contributed by atoms with van der Waals surface area (Å²) in [6, 6.07) is 0. The van der Waals surface area contributed by atoms with Gasteiger partial charge < -0.3 is 0 Å². The number of amides is 1. The van der Waals surface area contributed by atoms with Crippen LogP contribution in [-0.2, 0) is 4.79 Å². The van der Waals surface area contributed by atoms with Gasteiger partial charge in [-0.1, -0.05) is 54.7 Å². The molecule has 0 heterocycles. The Kier molecular flexibility index (Phi) is 6.19. The second-order valence-corrected chi connectivity index (χ2v) is 3.21. The lowest BCUT2D eigenvalue weighted by molar-refractivity contribution is -0.114. The summed E-state index contributed by atoms with van der Waals surface area (Å²) in [7, 11) is 0. The maximum atomic E-state index is 11.5. The van der Waals surface area contributed by atoms with Gasteiger partial charge >= 0.3 is 0 Å². The lowest BCUT2D eigenvalue weighted by Crippen LogP contribution is -1.94. The second-order valence-electron chi connectivity index (χ2n) is 3.03. The maximum Gasteiger partial charge on any atom is 0.285 e. The minimum absolute atomic E-state index is 0.397. The molecule has 0 spiro atoms. The summed E-state index contributed by atoms with van der Waals surface area (Å²) in [5, 5.41) is 2.07. The van der Waals surface area contributed by atoms with Crippen molar-refractivity contribution in [3.8, 4) is 0 Å². The molecule has 1 aliphatic rings. The Labute approximate surface area is 106 Å². The molecular weight excluding hydrogens is 230 g/mol. The van der Waals surface area contributed by atoms with Gasteiger partial charge in [0.05, 0.1) is 5.16 Å². The normalized spacial score (nSPS) is 26.9. The Morgan fingerprint density at radius 3 is 2.06 bits per heavy atom. The van der Waals surface area contributed by atoms with Gasteiger partial charge in [0, 0.05) is 5.57 Å². The molecule has 0 aliphatic heterocycles. The van der Waals surface area contributed by atoms with Crippen molar-refractivity contribution < 1.29 is 4.79 Å². The van der Waals surface area contributed by atoms with Crippen LogP contribution in [0.3, 0.4) is 0 Å². The molecule has 0 atom stereocenters. The summed E-state index contributed by atoms with van der Waals surface area (Å²) in [4.78, 5) is 14.9. The fraction of sp³-hybridized carbons (Fsp3) is 0. The van der Waals surface area contributed by atoms with Crippen molar-refractivity contribution in [2.45, 2.75) is 0 Å². The smallest absolute Gasteiger partial charge is 0.266 e. The molecule has 0 N–H and O–H groups in total. The van der Waals surface area contributed by atoms with E-state index in [2.05, 4.69) is 22.4 Å². The van der Waals surface area contributed by atoms with Gasteiger partial charge in [-0.25, -0.2) is 0 Å². The first kappa shape index (κ1) is 13.0. The van der Waals surface area contributed by atoms with Crippen molar-refractivity contribution in [2.75, 3.05) is 0 Å². The number of nitrogens with zero attached hydrogens (tertiary/aromatic N) is 1. The Balaban J connectivity index is 2.99. The maximum absolute atomic E-state index is 11.5. The monoisotopic (exact) mass is 241 g/mol. The lowest BCUT2D eigenvalue weighted by atomic mass is 10.2. The van der Waals surface area contributed by atoms with E-state index in [9.17, 15) is 4.79 Å². The van der Waals surface area contributed by atoms with Gasteiger partial charge in [0.15, 0.2) is 0 Å². The quantitative estimate of drug-likeness (QED) is 0.520. The van der Waals surface area contributed by atoms with Crippen LogP contribution in [0.5, 0.6) is 0 Å². The zero-order valence-electron chi connectivity index (χ0n) is 9.11. The summed E-state index contributed by atoms with van der Waals surface area (Å²) in [6.07, 6.45) is 20.0. The second kappa shape index (κ2) is 8.11. The van der Waals surface area contributed by atoms with Crippen LogP contribution in [0.25, 0.3) is 0 Å². The molecule has 84 valence electrons. The van der Waals surface area contributed by atoms with Gasteiger partial charge in [0.1, 0.15) is 0 Å². The molecule has 1 rings (SSSR count). The molecule has 17 heavy (non-hydrogen) atoms. The number of rotatable bonds is 1. The molecule has 0 unspecified atom stereocenters. The highest BCUT2D eigenvalue weighted by Gasteiger charge is 2.01. The van der Waals surface area contributed by atoms with Crippen LogP contribution < -0.4 is 0 Å². The third kappa shape index (κ3) is 5.52. The zero-order chi connectivity index (χ0) is 12.3. The molecule has 0 radical (unpaired) electrons. The third-order valence-electron chi connectivity index (χ3n) is 1.83. The topological polar surface area (TPSA) is 29.4 Å². The van der Waals surface area contributed by atoms with Crippen LogP contribution in [0.15, 0.2) is 77.4 Å². The molecule has 3 heteroatoms. The van der Waals surface area contributed by atoms with Gasteiger partial charge in [-0.05, 0) is 24.4 Å². The number of aliphatic imine (C=N–C) groups is 1. The van der Waals surface area contributed by atoms with Crippen molar-refractivity contribution in [3.63, 3.8) is 0 Å². The minimum atomic E-state index is -0.397. The van der Waals surface area contributed by atoms with E-state index in [0.717, 1.165) is 0 Å². The van der Waals surface area contributed by atoms with E-state index in [1.807, 2.05) is 42.5 Å². The highest BCUT2D eigenvalue weighted by Crippen LogP contribution is 2.02. The fourth-order valence-corrected chi connectivity index (χ4v) is 1.15. The van der Waals surface area contributed by atoms with Crippen LogP contribution in [-0.4, -0.2) is 11.1 Å². The molecule has 2 nitrogen and oxygen atoms in total. The Morgan fingerprint density at radius 1 is 0.941 bits per heavy atom. The summed E-state index contributed by atoms with van der Waals surface area (Å²) in [6.45, 7) is 0. The largest absolute Gasteiger partial charge is 0.285 e. The lowest BCUT2D eigenvalue weighted by Gasteiger charge is -1.91. The van der Waals surface area contributed by atoms with Crippen LogP contribution in [0.1, 0.15) is 0 Å². The molecule has 0 aromatic rings. The molecular formula is C14H11NOS. The van der Waals surface area contributed by atoms with Gasteiger partial charge in [0.25, 0.3) is 5.91 Å². The first-order valence-corrected chi connectivity index (χ1v) is 5.42. The van der Waals surface area contributed by atoms with E-state index < -0.39 is 5.91 Å². The molecule has 0 aromatic carbocycles. The van der Waals surface area contributed by atoms with Gasteiger partial charge in [-0.2, -0.15) is 4.99 Å². The number of carbonyl (C=O) groups is 1. The summed E-state index contributed by atoms with van der Waals surface area (Å²) in [5.41, 5.74) is 0.459. The zero-order valence-corrected chi connectivity index (χ0v) is 9.93. The van der Waals surface area contributed by atoms with Gasteiger partial charge in [-0.3, -0.25) is 4.79 Å². The average Bonchev–Trinajstić information content (AvgIpc) is 2.30. The minimum Gasteiger partial charge on any atom is -0.266 e. The summed E-state index contributed by atoms with van der Waals surface area (Å²) < 4.78 is 0. The van der Waals surface area contributed by atoms with Crippen molar-refractivity contribution in [1.82, 2.24) is 0 Å². The first-order valence-electron chi connectivity index (χ1n) is 5.02. The molecule has 0 fully saturated rings.